The summed E-state index contributed by atoms with van der Waals surface area (Å²) >= 11 is 11.5. The first kappa shape index (κ1) is 38.4. The lowest BCUT2D eigenvalue weighted by atomic mass is 9.79. The van der Waals surface area contributed by atoms with Gasteiger partial charge < -0.3 is 35.7 Å². The summed E-state index contributed by atoms with van der Waals surface area (Å²) in [6.45, 7) is 5.76. The fourth-order valence-corrected chi connectivity index (χ4v) is 7.67. The summed E-state index contributed by atoms with van der Waals surface area (Å²) < 4.78 is 8.42. The second-order valence-corrected chi connectivity index (χ2v) is 14.6. The number of alkyl halides is 2. The third-order valence-electron chi connectivity index (χ3n) is 10.1. The summed E-state index contributed by atoms with van der Waals surface area (Å²) in [5.74, 6) is 2.22. The number of rotatable bonds is 15. The fourth-order valence-electron chi connectivity index (χ4n) is 7.27. The molecule has 0 bridgehead atoms. The Morgan fingerprint density at radius 3 is 2.34 bits per heavy atom. The van der Waals surface area contributed by atoms with Gasteiger partial charge in [-0.1, -0.05) is 54.6 Å². The minimum Gasteiger partial charge on any atom is -0.489 e. The van der Waals surface area contributed by atoms with Crippen LogP contribution in [0.1, 0.15) is 42.9 Å². The molecular formula is C41H49Cl2N7O3. The molecule has 1 saturated carbocycles. The lowest BCUT2D eigenvalue weighted by Gasteiger charge is -2.38. The van der Waals surface area contributed by atoms with E-state index in [9.17, 15) is 4.79 Å². The number of halogens is 2. The van der Waals surface area contributed by atoms with Crippen LogP contribution in [0.2, 0.25) is 0 Å². The number of likely N-dealkylation sites (tertiary alicyclic amines) is 1. The van der Waals surface area contributed by atoms with Crippen LogP contribution in [0.3, 0.4) is 0 Å². The van der Waals surface area contributed by atoms with E-state index < -0.39 is 12.0 Å². The zero-order chi connectivity index (χ0) is 37.2. The number of anilines is 2. The predicted molar refractivity (Wildman–Crippen MR) is 215 cm³/mol. The van der Waals surface area contributed by atoms with Crippen LogP contribution in [0.4, 0.5) is 11.5 Å². The van der Waals surface area contributed by atoms with Crippen LogP contribution in [0.25, 0.3) is 22.2 Å². The molecule has 1 aliphatic heterocycles. The first-order chi connectivity index (χ1) is 25.8. The number of aliphatic carboxylic acids is 1. The standard InChI is InChI=1S/C28H31N5O.C13H18Cl2N2O2/c29-27-26-25(22-9-6-10-24(15-22)34-18-20-7-2-1-3-8-20)17-33(28(26)31-19-30-27)23-13-21(14-23)16-32-11-4-5-12-32;14-5-7-17(8-6-15)11-3-1-10(2-4-11)9-12(16)13(18)19/h1-3,6-10,15,17,19,21,23H,4-5,11-14,16,18H2,(H2,29,30,31);1-4,12H,5-9,16H2,(H,18,19)/t;12-/m.0/s1. The second kappa shape index (κ2) is 18.6. The molecule has 2 aromatic heterocycles. The van der Waals surface area contributed by atoms with Gasteiger partial charge in [0.05, 0.1) is 5.39 Å². The van der Waals surface area contributed by atoms with Crippen molar-refractivity contribution in [1.82, 2.24) is 19.4 Å². The normalized spacial score (nSPS) is 17.5. The van der Waals surface area contributed by atoms with Crippen LogP contribution in [-0.4, -0.2) is 81.0 Å². The highest BCUT2D eigenvalue weighted by Crippen LogP contribution is 2.43. The van der Waals surface area contributed by atoms with Gasteiger partial charge in [0, 0.05) is 54.9 Å². The van der Waals surface area contributed by atoms with Crippen LogP contribution in [-0.2, 0) is 17.8 Å². The number of nitrogen functional groups attached to an aromatic ring is 1. The van der Waals surface area contributed by atoms with Crippen LogP contribution in [0, 0.1) is 5.92 Å². The van der Waals surface area contributed by atoms with Gasteiger partial charge in [0.2, 0.25) is 0 Å². The molecule has 0 unspecified atom stereocenters. The minimum absolute atomic E-state index is 0.320. The van der Waals surface area contributed by atoms with Gasteiger partial charge in [0.15, 0.2) is 0 Å². The van der Waals surface area contributed by atoms with Crippen molar-refractivity contribution in [3.8, 4) is 16.9 Å². The molecular weight excluding hydrogens is 709 g/mol. The Hall–Kier alpha value is -4.35. The zero-order valence-corrected chi connectivity index (χ0v) is 31.5. The molecule has 0 spiro atoms. The third-order valence-corrected chi connectivity index (χ3v) is 10.5. The summed E-state index contributed by atoms with van der Waals surface area (Å²) in [4.78, 5) is 24.4. The molecule has 1 atom stereocenters. The van der Waals surface area contributed by atoms with E-state index in [2.05, 4.69) is 54.8 Å². The second-order valence-electron chi connectivity index (χ2n) is 13.9. The van der Waals surface area contributed by atoms with E-state index in [4.69, 9.17) is 44.5 Å². The lowest BCUT2D eigenvalue weighted by Crippen LogP contribution is -2.35. The zero-order valence-electron chi connectivity index (χ0n) is 30.0. The van der Waals surface area contributed by atoms with Gasteiger partial charge in [-0.15, -0.1) is 23.2 Å². The van der Waals surface area contributed by atoms with Gasteiger partial charge in [0.25, 0.3) is 0 Å². The molecule has 3 aromatic carbocycles. The maximum absolute atomic E-state index is 10.7. The van der Waals surface area contributed by atoms with E-state index in [1.807, 2.05) is 54.6 Å². The quantitative estimate of drug-likeness (QED) is 0.0946. The van der Waals surface area contributed by atoms with Crippen molar-refractivity contribution in [3.63, 3.8) is 0 Å². The Bertz CT molecular complexity index is 1910. The average Bonchev–Trinajstić information content (AvgIpc) is 3.82. The van der Waals surface area contributed by atoms with Crippen molar-refractivity contribution in [2.75, 3.05) is 55.1 Å². The maximum atomic E-state index is 10.7. The van der Waals surface area contributed by atoms with Crippen molar-refractivity contribution < 1.29 is 14.6 Å². The highest BCUT2D eigenvalue weighted by atomic mass is 35.5. The van der Waals surface area contributed by atoms with Gasteiger partial charge in [-0.25, -0.2) is 9.97 Å². The number of hydrogen-bond acceptors (Lipinski definition) is 8. The molecule has 10 nitrogen and oxygen atoms in total. The Balaban J connectivity index is 0.000000216. The summed E-state index contributed by atoms with van der Waals surface area (Å²) in [6, 6.07) is 25.7. The summed E-state index contributed by atoms with van der Waals surface area (Å²) in [6.07, 6.45) is 9.23. The molecule has 280 valence electrons. The van der Waals surface area contributed by atoms with Crippen LogP contribution in [0.5, 0.6) is 5.75 Å². The van der Waals surface area contributed by atoms with Gasteiger partial charge >= 0.3 is 5.97 Å². The number of hydrogen-bond donors (Lipinski definition) is 3. The number of carbonyl (C=O) groups is 1. The number of carboxylic acid groups (broad SMARTS) is 1. The maximum Gasteiger partial charge on any atom is 0.320 e. The molecule has 1 saturated heterocycles. The number of aromatic nitrogens is 3. The van der Waals surface area contributed by atoms with Crippen molar-refractivity contribution in [3.05, 3.63) is 103 Å². The van der Waals surface area contributed by atoms with Gasteiger partial charge in [-0.3, -0.25) is 4.79 Å². The first-order valence-corrected chi connectivity index (χ1v) is 19.4. The Morgan fingerprint density at radius 2 is 1.66 bits per heavy atom. The molecule has 3 heterocycles. The van der Waals surface area contributed by atoms with Crippen LogP contribution >= 0.6 is 23.2 Å². The molecule has 5 aromatic rings. The number of benzene rings is 3. The molecule has 12 heteroatoms. The lowest BCUT2D eigenvalue weighted by molar-refractivity contribution is -0.138. The van der Waals surface area contributed by atoms with Crippen molar-refractivity contribution >= 4 is 51.7 Å². The SMILES string of the molecule is N[C@@H](Cc1ccc(N(CCCl)CCCl)cc1)C(=O)O.Nc1ncnc2c1c(-c1cccc(OCc3ccccc3)c1)cn2C1CC(CN2CCCC2)C1. The number of nitrogens with zero attached hydrogens (tertiary/aromatic N) is 5. The van der Waals surface area contributed by atoms with E-state index >= 15 is 0 Å². The van der Waals surface area contributed by atoms with Crippen molar-refractivity contribution in [2.45, 2.75) is 50.8 Å². The molecule has 2 aliphatic rings. The highest BCUT2D eigenvalue weighted by Gasteiger charge is 2.34. The number of ether oxygens (including phenoxy) is 1. The van der Waals surface area contributed by atoms with E-state index in [1.165, 1.54) is 45.3 Å². The molecule has 0 radical (unpaired) electrons. The van der Waals surface area contributed by atoms with Crippen LogP contribution < -0.4 is 21.1 Å². The van der Waals surface area contributed by atoms with E-state index in [1.54, 1.807) is 6.33 Å². The number of fused-ring (bicyclic) bond motifs is 1. The largest absolute Gasteiger partial charge is 0.489 e. The average molecular weight is 759 g/mol. The first-order valence-electron chi connectivity index (χ1n) is 18.4. The monoisotopic (exact) mass is 757 g/mol. The summed E-state index contributed by atoms with van der Waals surface area (Å²) in [5, 5.41) is 9.70. The smallest absolute Gasteiger partial charge is 0.320 e. The predicted octanol–water partition coefficient (Wildman–Crippen LogP) is 7.23. The molecule has 7 rings (SSSR count). The van der Waals surface area contributed by atoms with E-state index in [0.29, 0.717) is 36.6 Å². The van der Waals surface area contributed by atoms with Gasteiger partial charge in [0.1, 0.15) is 36.2 Å². The fraction of sp³-hybridized carbons (Fsp3) is 0.390. The Kier molecular flexibility index (Phi) is 13.5. The molecule has 53 heavy (non-hydrogen) atoms. The minimum atomic E-state index is -0.991. The summed E-state index contributed by atoms with van der Waals surface area (Å²) in [5.41, 5.74) is 18.0. The Labute approximate surface area is 321 Å². The van der Waals surface area contributed by atoms with E-state index in [0.717, 1.165) is 63.7 Å². The molecule has 5 N–H and O–H groups in total. The molecule has 0 amide bonds. The van der Waals surface area contributed by atoms with Crippen molar-refractivity contribution in [1.29, 1.82) is 0 Å². The molecule has 2 fully saturated rings. The number of nitrogens with two attached hydrogens (primary N) is 2. The van der Waals surface area contributed by atoms with E-state index in [-0.39, 0.29) is 0 Å². The highest BCUT2D eigenvalue weighted by molar-refractivity contribution is 6.18. The Morgan fingerprint density at radius 1 is 0.943 bits per heavy atom. The summed E-state index contributed by atoms with van der Waals surface area (Å²) in [7, 11) is 0. The molecule has 1 aliphatic carbocycles. The van der Waals surface area contributed by atoms with Gasteiger partial charge in [-0.2, -0.15) is 0 Å². The third kappa shape index (κ3) is 10.00. The van der Waals surface area contributed by atoms with Crippen LogP contribution in [0.15, 0.2) is 91.4 Å². The van der Waals surface area contributed by atoms with Gasteiger partial charge in [-0.05, 0) is 92.1 Å². The topological polar surface area (TPSA) is 136 Å². The number of carboxylic acids is 1. The van der Waals surface area contributed by atoms with Crippen molar-refractivity contribution in [2.24, 2.45) is 11.7 Å².